The van der Waals surface area contributed by atoms with Crippen molar-refractivity contribution in [2.24, 2.45) is 5.73 Å². The van der Waals surface area contributed by atoms with E-state index in [1.165, 1.54) is 0 Å². The maximum atomic E-state index is 10.3. The first-order chi connectivity index (χ1) is 6.71. The van der Waals surface area contributed by atoms with Gasteiger partial charge in [0.15, 0.2) is 0 Å². The number of hydrogen-bond acceptors (Lipinski definition) is 2. The minimum atomic E-state index is -0.885. The molecule has 0 saturated carbocycles. The molecule has 3 N–H and O–H groups in total. The third kappa shape index (κ3) is 1.56. The van der Waals surface area contributed by atoms with Crippen LogP contribution in [0.25, 0.3) is 0 Å². The van der Waals surface area contributed by atoms with Crippen LogP contribution in [0.4, 0.5) is 0 Å². The Morgan fingerprint density at radius 3 is 2.50 bits per heavy atom. The van der Waals surface area contributed by atoms with E-state index in [9.17, 15) is 5.11 Å². The van der Waals surface area contributed by atoms with Crippen molar-refractivity contribution in [1.29, 1.82) is 0 Å². The summed E-state index contributed by atoms with van der Waals surface area (Å²) in [7, 11) is 0. The van der Waals surface area contributed by atoms with Gasteiger partial charge in [0.1, 0.15) is 5.60 Å². The second kappa shape index (κ2) is 3.31. The molecule has 0 heterocycles. The van der Waals surface area contributed by atoms with Crippen LogP contribution in [0.3, 0.4) is 0 Å². The maximum absolute atomic E-state index is 10.3. The molecule has 0 bridgehead atoms. The highest BCUT2D eigenvalue weighted by Crippen LogP contribution is 2.30. The van der Waals surface area contributed by atoms with Crippen LogP contribution >= 0.6 is 0 Å². The van der Waals surface area contributed by atoms with E-state index in [0.717, 1.165) is 5.56 Å². The lowest BCUT2D eigenvalue weighted by atomic mass is 9.87. The Kier molecular flexibility index (Phi) is 2.14. The Bertz CT molecular complexity index is 381. The first-order valence-corrected chi connectivity index (χ1v) is 4.63. The van der Waals surface area contributed by atoms with Gasteiger partial charge < -0.3 is 10.8 Å². The molecule has 1 aromatic carbocycles. The summed E-state index contributed by atoms with van der Waals surface area (Å²) in [6.45, 7) is 0. The summed E-state index contributed by atoms with van der Waals surface area (Å²) in [6.07, 6.45) is 5.88. The van der Waals surface area contributed by atoms with Gasteiger partial charge in [0.2, 0.25) is 0 Å². The van der Waals surface area contributed by atoms with E-state index in [0.29, 0.717) is 12.1 Å². The molecular weight excluding hydrogens is 174 g/mol. The summed E-state index contributed by atoms with van der Waals surface area (Å²) < 4.78 is 0. The first-order valence-electron chi connectivity index (χ1n) is 4.63. The molecule has 0 saturated heterocycles. The summed E-state index contributed by atoms with van der Waals surface area (Å²) >= 11 is 0. The third-order valence-electron chi connectivity index (χ3n) is 2.47. The molecule has 1 atom stereocenters. The van der Waals surface area contributed by atoms with Gasteiger partial charge in [0.25, 0.3) is 0 Å². The van der Waals surface area contributed by atoms with Gasteiger partial charge in [-0.1, -0.05) is 36.4 Å². The van der Waals surface area contributed by atoms with Gasteiger partial charge >= 0.3 is 0 Å². The second-order valence-electron chi connectivity index (χ2n) is 3.53. The molecule has 1 aliphatic rings. The van der Waals surface area contributed by atoms with Gasteiger partial charge in [-0.25, -0.2) is 0 Å². The van der Waals surface area contributed by atoms with Gasteiger partial charge in [0.05, 0.1) is 0 Å². The fraction of sp³-hybridized carbons (Fsp3) is 0.167. The van der Waals surface area contributed by atoms with Crippen molar-refractivity contribution < 1.29 is 5.11 Å². The average Bonchev–Trinajstić information content (AvgIpc) is 2.24. The molecule has 0 aliphatic heterocycles. The van der Waals surface area contributed by atoms with E-state index >= 15 is 0 Å². The summed E-state index contributed by atoms with van der Waals surface area (Å²) in [5.41, 5.74) is 6.33. The second-order valence-corrected chi connectivity index (χ2v) is 3.53. The van der Waals surface area contributed by atoms with E-state index in [-0.39, 0.29) is 0 Å². The molecule has 0 radical (unpaired) electrons. The van der Waals surface area contributed by atoms with Gasteiger partial charge in [-0.15, -0.1) is 0 Å². The molecule has 1 aliphatic carbocycles. The predicted octanol–water partition coefficient (Wildman–Crippen LogP) is 1.68. The predicted molar refractivity (Wildman–Crippen MR) is 56.4 cm³/mol. The van der Waals surface area contributed by atoms with Gasteiger partial charge in [-0.3, -0.25) is 0 Å². The van der Waals surface area contributed by atoms with E-state index < -0.39 is 5.60 Å². The van der Waals surface area contributed by atoms with Crippen molar-refractivity contribution in [2.75, 3.05) is 0 Å². The first kappa shape index (κ1) is 9.03. The van der Waals surface area contributed by atoms with Crippen molar-refractivity contribution >= 4 is 0 Å². The van der Waals surface area contributed by atoms with Crippen molar-refractivity contribution in [3.63, 3.8) is 0 Å². The van der Waals surface area contributed by atoms with Crippen LogP contribution < -0.4 is 5.73 Å². The van der Waals surface area contributed by atoms with Gasteiger partial charge in [-0.2, -0.15) is 0 Å². The normalized spacial score (nSPS) is 25.9. The monoisotopic (exact) mass is 187 g/mol. The standard InChI is InChI=1S/C12H13NO/c13-11-6-8-12(14,9-7-11)10-4-2-1-3-5-10/h1-8,14H,9,13H2. The Morgan fingerprint density at radius 1 is 1.21 bits per heavy atom. The van der Waals surface area contributed by atoms with E-state index in [1.807, 2.05) is 36.4 Å². The van der Waals surface area contributed by atoms with Crippen LogP contribution in [0.15, 0.2) is 54.3 Å². The maximum Gasteiger partial charge on any atom is 0.112 e. The average molecular weight is 187 g/mol. The van der Waals surface area contributed by atoms with Crippen LogP contribution in [0.2, 0.25) is 0 Å². The number of rotatable bonds is 1. The lowest BCUT2D eigenvalue weighted by molar-refractivity contribution is 0.0911. The van der Waals surface area contributed by atoms with Gasteiger partial charge in [0, 0.05) is 12.1 Å². The Morgan fingerprint density at radius 2 is 1.93 bits per heavy atom. The van der Waals surface area contributed by atoms with Crippen molar-refractivity contribution in [1.82, 2.24) is 0 Å². The highest BCUT2D eigenvalue weighted by Gasteiger charge is 2.26. The van der Waals surface area contributed by atoms with Crippen LogP contribution in [0, 0.1) is 0 Å². The quantitative estimate of drug-likeness (QED) is 0.702. The SMILES string of the molecule is NC1=CCC(O)(c2ccccc2)C=C1. The third-order valence-corrected chi connectivity index (χ3v) is 2.47. The minimum absolute atomic E-state index is 0.541. The van der Waals surface area contributed by atoms with Gasteiger partial charge in [-0.05, 0) is 17.7 Å². The zero-order valence-corrected chi connectivity index (χ0v) is 7.85. The largest absolute Gasteiger partial charge is 0.399 e. The number of allylic oxidation sites excluding steroid dienone is 1. The summed E-state index contributed by atoms with van der Waals surface area (Å²) in [5, 5.41) is 10.3. The molecule has 72 valence electrons. The molecule has 1 unspecified atom stereocenters. The molecule has 0 spiro atoms. The highest BCUT2D eigenvalue weighted by atomic mass is 16.3. The van der Waals surface area contributed by atoms with Crippen LogP contribution in [-0.4, -0.2) is 5.11 Å². The number of hydrogen-bond donors (Lipinski definition) is 2. The number of aliphatic hydroxyl groups is 1. The molecule has 2 nitrogen and oxygen atoms in total. The Labute approximate surface area is 83.4 Å². The van der Waals surface area contributed by atoms with E-state index in [1.54, 1.807) is 12.2 Å². The van der Waals surface area contributed by atoms with Crippen molar-refractivity contribution in [2.45, 2.75) is 12.0 Å². The van der Waals surface area contributed by atoms with E-state index in [2.05, 4.69) is 0 Å². The molecule has 14 heavy (non-hydrogen) atoms. The Hall–Kier alpha value is -1.54. The number of nitrogens with two attached hydrogens (primary N) is 1. The highest BCUT2D eigenvalue weighted by molar-refractivity contribution is 5.34. The molecular formula is C12H13NO. The van der Waals surface area contributed by atoms with Crippen molar-refractivity contribution in [3.8, 4) is 0 Å². The Balaban J connectivity index is 2.32. The van der Waals surface area contributed by atoms with Crippen LogP contribution in [-0.2, 0) is 5.60 Å². The number of benzene rings is 1. The summed E-state index contributed by atoms with van der Waals surface area (Å²) in [4.78, 5) is 0. The topological polar surface area (TPSA) is 46.2 Å². The minimum Gasteiger partial charge on any atom is -0.399 e. The van der Waals surface area contributed by atoms with Crippen LogP contribution in [0.5, 0.6) is 0 Å². The molecule has 1 aromatic rings. The smallest absolute Gasteiger partial charge is 0.112 e. The fourth-order valence-corrected chi connectivity index (χ4v) is 1.58. The fourth-order valence-electron chi connectivity index (χ4n) is 1.58. The summed E-state index contributed by atoms with van der Waals surface area (Å²) in [6, 6.07) is 9.61. The van der Waals surface area contributed by atoms with Crippen LogP contribution in [0.1, 0.15) is 12.0 Å². The lowest BCUT2D eigenvalue weighted by Gasteiger charge is -2.26. The lowest BCUT2D eigenvalue weighted by Crippen LogP contribution is -2.24. The summed E-state index contributed by atoms with van der Waals surface area (Å²) in [5.74, 6) is 0. The molecule has 0 amide bonds. The zero-order valence-electron chi connectivity index (χ0n) is 7.85. The molecule has 2 heteroatoms. The molecule has 0 fully saturated rings. The van der Waals surface area contributed by atoms with Crippen molar-refractivity contribution in [3.05, 3.63) is 59.8 Å². The zero-order chi connectivity index (χ0) is 10.0. The van der Waals surface area contributed by atoms with E-state index in [4.69, 9.17) is 5.73 Å². The molecule has 0 aromatic heterocycles. The molecule has 2 rings (SSSR count).